The van der Waals surface area contributed by atoms with Crippen LogP contribution >= 0.6 is 12.2 Å². The molecule has 2 N–H and O–H groups in total. The Morgan fingerprint density at radius 2 is 2.07 bits per heavy atom. The van der Waals surface area contributed by atoms with Gasteiger partial charge < -0.3 is 15.4 Å². The van der Waals surface area contributed by atoms with Crippen molar-refractivity contribution in [1.29, 1.82) is 0 Å². The summed E-state index contributed by atoms with van der Waals surface area (Å²) < 4.78 is 5.04. The SMILES string of the molecule is COCCC(C)N(C)CC(C)C(N)=S. The standard InChI is InChI=1S/C10H22N2OS/c1-8(10(11)14)7-12(3)9(2)5-6-13-4/h8-9H,5-7H2,1-4H3,(H2,11,14). The zero-order valence-electron chi connectivity index (χ0n) is 9.62. The summed E-state index contributed by atoms with van der Waals surface area (Å²) in [5.41, 5.74) is 5.56. The van der Waals surface area contributed by atoms with E-state index < -0.39 is 0 Å². The Balaban J connectivity index is 3.81. The van der Waals surface area contributed by atoms with E-state index in [1.165, 1.54) is 0 Å². The first-order valence-electron chi connectivity index (χ1n) is 4.97. The molecular formula is C10H22N2OS. The van der Waals surface area contributed by atoms with Gasteiger partial charge >= 0.3 is 0 Å². The van der Waals surface area contributed by atoms with Gasteiger partial charge in [0.2, 0.25) is 0 Å². The van der Waals surface area contributed by atoms with Crippen molar-refractivity contribution < 1.29 is 4.74 Å². The Hall–Kier alpha value is -0.190. The molecular weight excluding hydrogens is 196 g/mol. The number of methoxy groups -OCH3 is 1. The number of nitrogens with two attached hydrogens (primary N) is 1. The summed E-state index contributed by atoms with van der Waals surface area (Å²) in [4.78, 5) is 2.86. The Labute approximate surface area is 92.6 Å². The largest absolute Gasteiger partial charge is 0.393 e. The molecule has 0 bridgehead atoms. The van der Waals surface area contributed by atoms with E-state index in [-0.39, 0.29) is 5.92 Å². The van der Waals surface area contributed by atoms with Crippen LogP contribution in [0.1, 0.15) is 20.3 Å². The van der Waals surface area contributed by atoms with Crippen LogP contribution in [0.25, 0.3) is 0 Å². The number of hydrogen-bond donors (Lipinski definition) is 1. The molecule has 0 aliphatic rings. The van der Waals surface area contributed by atoms with Gasteiger partial charge in [0.15, 0.2) is 0 Å². The number of hydrogen-bond acceptors (Lipinski definition) is 3. The fourth-order valence-electron chi connectivity index (χ4n) is 1.21. The lowest BCUT2D eigenvalue weighted by atomic mass is 10.1. The lowest BCUT2D eigenvalue weighted by molar-refractivity contribution is 0.150. The van der Waals surface area contributed by atoms with E-state index >= 15 is 0 Å². The Kier molecular flexibility index (Phi) is 7.05. The van der Waals surface area contributed by atoms with Gasteiger partial charge in [-0.25, -0.2) is 0 Å². The molecule has 0 aromatic rings. The van der Waals surface area contributed by atoms with Gasteiger partial charge in [0.25, 0.3) is 0 Å². The Bertz CT molecular complexity index is 176. The third kappa shape index (κ3) is 5.52. The zero-order chi connectivity index (χ0) is 11.1. The number of rotatable bonds is 7. The second-order valence-corrected chi connectivity index (χ2v) is 4.34. The maximum atomic E-state index is 5.56. The van der Waals surface area contributed by atoms with Gasteiger partial charge in [-0.2, -0.15) is 0 Å². The molecule has 0 spiro atoms. The third-order valence-corrected chi connectivity index (χ3v) is 2.94. The molecule has 0 saturated heterocycles. The summed E-state index contributed by atoms with van der Waals surface area (Å²) in [6.07, 6.45) is 1.04. The molecule has 2 atom stereocenters. The summed E-state index contributed by atoms with van der Waals surface area (Å²) in [6, 6.07) is 0.506. The molecule has 0 amide bonds. The molecule has 0 aliphatic heterocycles. The summed E-state index contributed by atoms with van der Waals surface area (Å²) in [5.74, 6) is 0.278. The zero-order valence-corrected chi connectivity index (χ0v) is 10.4. The molecule has 0 aromatic heterocycles. The highest BCUT2D eigenvalue weighted by Crippen LogP contribution is 2.05. The normalized spacial score (nSPS) is 15.5. The third-order valence-electron chi connectivity index (χ3n) is 2.54. The smallest absolute Gasteiger partial charge is 0.0768 e. The van der Waals surface area contributed by atoms with Crippen molar-refractivity contribution in [3.05, 3.63) is 0 Å². The molecule has 0 aromatic carbocycles. The average molecular weight is 218 g/mol. The van der Waals surface area contributed by atoms with Crippen LogP contribution in [-0.4, -0.2) is 43.2 Å². The predicted octanol–water partition coefficient (Wildman–Crippen LogP) is 1.27. The van der Waals surface area contributed by atoms with Crippen LogP contribution in [0, 0.1) is 5.92 Å². The minimum absolute atomic E-state index is 0.278. The second kappa shape index (κ2) is 7.15. The van der Waals surface area contributed by atoms with Crippen LogP contribution in [0.3, 0.4) is 0 Å². The first-order chi connectivity index (χ1) is 6.49. The molecule has 3 nitrogen and oxygen atoms in total. The highest BCUT2D eigenvalue weighted by atomic mass is 32.1. The molecule has 0 saturated carbocycles. The summed E-state index contributed by atoms with van der Waals surface area (Å²) in [6.45, 7) is 5.96. The summed E-state index contributed by atoms with van der Waals surface area (Å²) in [5, 5.41) is 0. The Morgan fingerprint density at radius 3 is 2.50 bits per heavy atom. The van der Waals surface area contributed by atoms with Gasteiger partial charge in [-0.1, -0.05) is 19.1 Å². The van der Waals surface area contributed by atoms with Crippen molar-refractivity contribution >= 4 is 17.2 Å². The lowest BCUT2D eigenvalue weighted by Crippen LogP contribution is -2.37. The van der Waals surface area contributed by atoms with E-state index in [9.17, 15) is 0 Å². The van der Waals surface area contributed by atoms with Crippen molar-refractivity contribution in [1.82, 2.24) is 4.90 Å². The monoisotopic (exact) mass is 218 g/mol. The predicted molar refractivity (Wildman–Crippen MR) is 64.5 cm³/mol. The van der Waals surface area contributed by atoms with Gasteiger partial charge in [0, 0.05) is 32.2 Å². The molecule has 0 rings (SSSR count). The van der Waals surface area contributed by atoms with Gasteiger partial charge in [-0.3, -0.25) is 0 Å². The van der Waals surface area contributed by atoms with E-state index in [4.69, 9.17) is 22.7 Å². The molecule has 0 aliphatic carbocycles. The van der Waals surface area contributed by atoms with E-state index in [0.717, 1.165) is 19.6 Å². The minimum atomic E-state index is 0.278. The molecule has 0 heterocycles. The van der Waals surface area contributed by atoms with Gasteiger partial charge in [0.1, 0.15) is 0 Å². The lowest BCUT2D eigenvalue weighted by Gasteiger charge is -2.26. The molecule has 14 heavy (non-hydrogen) atoms. The highest BCUT2D eigenvalue weighted by Gasteiger charge is 2.13. The van der Waals surface area contributed by atoms with Crippen molar-refractivity contribution in [2.45, 2.75) is 26.3 Å². The maximum Gasteiger partial charge on any atom is 0.0768 e. The van der Waals surface area contributed by atoms with Crippen molar-refractivity contribution in [2.24, 2.45) is 11.7 Å². The van der Waals surface area contributed by atoms with Crippen LogP contribution in [0.4, 0.5) is 0 Å². The first kappa shape index (κ1) is 13.8. The van der Waals surface area contributed by atoms with Crippen LogP contribution in [-0.2, 0) is 4.74 Å². The number of ether oxygens (including phenoxy) is 1. The maximum absolute atomic E-state index is 5.56. The summed E-state index contributed by atoms with van der Waals surface area (Å²) in [7, 11) is 3.82. The van der Waals surface area contributed by atoms with Crippen molar-refractivity contribution in [3.8, 4) is 0 Å². The van der Waals surface area contributed by atoms with Crippen LogP contribution in [0.2, 0.25) is 0 Å². The summed E-state index contributed by atoms with van der Waals surface area (Å²) >= 11 is 4.94. The fraction of sp³-hybridized carbons (Fsp3) is 0.900. The van der Waals surface area contributed by atoms with Gasteiger partial charge in [-0.05, 0) is 20.4 Å². The van der Waals surface area contributed by atoms with Crippen LogP contribution in [0.15, 0.2) is 0 Å². The highest BCUT2D eigenvalue weighted by molar-refractivity contribution is 7.80. The van der Waals surface area contributed by atoms with Crippen LogP contribution < -0.4 is 5.73 Å². The van der Waals surface area contributed by atoms with E-state index in [0.29, 0.717) is 11.0 Å². The molecule has 4 heteroatoms. The fourth-order valence-corrected chi connectivity index (χ4v) is 1.29. The van der Waals surface area contributed by atoms with Crippen molar-refractivity contribution in [2.75, 3.05) is 27.3 Å². The van der Waals surface area contributed by atoms with E-state index in [2.05, 4.69) is 25.8 Å². The van der Waals surface area contributed by atoms with Gasteiger partial charge in [-0.15, -0.1) is 0 Å². The molecule has 0 fully saturated rings. The topological polar surface area (TPSA) is 38.5 Å². The van der Waals surface area contributed by atoms with E-state index in [1.54, 1.807) is 7.11 Å². The van der Waals surface area contributed by atoms with E-state index in [1.807, 2.05) is 0 Å². The molecule has 2 unspecified atom stereocenters. The van der Waals surface area contributed by atoms with Crippen LogP contribution in [0.5, 0.6) is 0 Å². The quantitative estimate of drug-likeness (QED) is 0.653. The number of thiocarbonyl (C=S) groups is 1. The molecule has 0 radical (unpaired) electrons. The average Bonchev–Trinajstić information content (AvgIpc) is 2.13. The molecule has 84 valence electrons. The number of nitrogens with zero attached hydrogens (tertiary/aromatic N) is 1. The Morgan fingerprint density at radius 1 is 1.50 bits per heavy atom. The van der Waals surface area contributed by atoms with Gasteiger partial charge in [0.05, 0.1) is 4.99 Å². The second-order valence-electron chi connectivity index (χ2n) is 3.87. The minimum Gasteiger partial charge on any atom is -0.393 e. The first-order valence-corrected chi connectivity index (χ1v) is 5.38. The van der Waals surface area contributed by atoms with Crippen molar-refractivity contribution in [3.63, 3.8) is 0 Å².